The van der Waals surface area contributed by atoms with Gasteiger partial charge in [0.25, 0.3) is 5.91 Å². The third-order valence-corrected chi connectivity index (χ3v) is 4.31. The molecule has 2 atom stereocenters. The van der Waals surface area contributed by atoms with Crippen molar-refractivity contribution in [3.8, 4) is 0 Å². The zero-order valence-corrected chi connectivity index (χ0v) is 12.9. The summed E-state index contributed by atoms with van der Waals surface area (Å²) >= 11 is 1.49. The zero-order valence-electron chi connectivity index (χ0n) is 12.1. The SMILES string of the molecule is C[C@@H]1C[C@@H](C)CN(C(=O)CCNC(=O)c2ccsc2)C1. The molecule has 1 N–H and O–H groups in total. The Morgan fingerprint density at radius 2 is 2.05 bits per heavy atom. The second kappa shape index (κ2) is 6.88. The molecule has 4 nitrogen and oxygen atoms in total. The fourth-order valence-electron chi connectivity index (χ4n) is 2.80. The Morgan fingerprint density at radius 3 is 2.65 bits per heavy atom. The lowest BCUT2D eigenvalue weighted by molar-refractivity contribution is -0.133. The van der Waals surface area contributed by atoms with E-state index in [1.54, 1.807) is 6.07 Å². The minimum Gasteiger partial charge on any atom is -0.351 e. The van der Waals surface area contributed by atoms with E-state index in [1.807, 2.05) is 15.7 Å². The van der Waals surface area contributed by atoms with E-state index in [2.05, 4.69) is 19.2 Å². The Morgan fingerprint density at radius 1 is 1.35 bits per heavy atom. The molecule has 1 aromatic heterocycles. The van der Waals surface area contributed by atoms with Crippen LogP contribution in [0.5, 0.6) is 0 Å². The van der Waals surface area contributed by atoms with Crippen molar-refractivity contribution in [2.24, 2.45) is 11.8 Å². The fourth-order valence-corrected chi connectivity index (χ4v) is 3.44. The van der Waals surface area contributed by atoms with Gasteiger partial charge in [0.15, 0.2) is 0 Å². The summed E-state index contributed by atoms with van der Waals surface area (Å²) in [4.78, 5) is 25.8. The van der Waals surface area contributed by atoms with E-state index < -0.39 is 0 Å². The van der Waals surface area contributed by atoms with E-state index in [4.69, 9.17) is 0 Å². The minimum atomic E-state index is -0.0977. The van der Waals surface area contributed by atoms with Gasteiger partial charge in [-0.3, -0.25) is 9.59 Å². The van der Waals surface area contributed by atoms with Gasteiger partial charge in [0.05, 0.1) is 0 Å². The van der Waals surface area contributed by atoms with Gasteiger partial charge in [-0.2, -0.15) is 11.3 Å². The second-order valence-electron chi connectivity index (χ2n) is 5.76. The molecule has 1 saturated heterocycles. The van der Waals surface area contributed by atoms with Gasteiger partial charge in [0.2, 0.25) is 5.91 Å². The molecule has 0 radical (unpaired) electrons. The van der Waals surface area contributed by atoms with Gasteiger partial charge in [-0.15, -0.1) is 0 Å². The molecular weight excluding hydrogens is 272 g/mol. The maximum Gasteiger partial charge on any atom is 0.252 e. The first-order valence-corrected chi connectivity index (χ1v) is 8.08. The highest BCUT2D eigenvalue weighted by molar-refractivity contribution is 7.08. The van der Waals surface area contributed by atoms with Gasteiger partial charge in [-0.1, -0.05) is 13.8 Å². The smallest absolute Gasteiger partial charge is 0.252 e. The predicted molar refractivity (Wildman–Crippen MR) is 80.8 cm³/mol. The monoisotopic (exact) mass is 294 g/mol. The Balaban J connectivity index is 1.73. The molecule has 5 heteroatoms. The Hall–Kier alpha value is -1.36. The van der Waals surface area contributed by atoms with Crippen molar-refractivity contribution < 1.29 is 9.59 Å². The summed E-state index contributed by atoms with van der Waals surface area (Å²) in [7, 11) is 0. The number of hydrogen-bond acceptors (Lipinski definition) is 3. The van der Waals surface area contributed by atoms with Crippen molar-refractivity contribution in [1.29, 1.82) is 0 Å². The number of rotatable bonds is 4. The molecule has 0 aromatic carbocycles. The number of likely N-dealkylation sites (tertiary alicyclic amines) is 1. The Bertz CT molecular complexity index is 448. The third kappa shape index (κ3) is 4.07. The van der Waals surface area contributed by atoms with E-state index in [9.17, 15) is 9.59 Å². The highest BCUT2D eigenvalue weighted by atomic mass is 32.1. The maximum absolute atomic E-state index is 12.1. The largest absolute Gasteiger partial charge is 0.351 e. The molecule has 110 valence electrons. The van der Waals surface area contributed by atoms with E-state index in [1.165, 1.54) is 17.8 Å². The number of piperidine rings is 1. The lowest BCUT2D eigenvalue weighted by Gasteiger charge is -2.35. The number of carbonyl (C=O) groups excluding carboxylic acids is 2. The molecule has 2 rings (SSSR count). The average Bonchev–Trinajstić information content (AvgIpc) is 2.91. The van der Waals surface area contributed by atoms with Crippen LogP contribution in [0.1, 0.15) is 37.0 Å². The number of thiophene rings is 1. The summed E-state index contributed by atoms with van der Waals surface area (Å²) in [6, 6.07) is 1.79. The topological polar surface area (TPSA) is 49.4 Å². The van der Waals surface area contributed by atoms with Crippen LogP contribution in [-0.4, -0.2) is 36.3 Å². The quantitative estimate of drug-likeness (QED) is 0.927. The molecule has 1 aliphatic rings. The van der Waals surface area contributed by atoms with Gasteiger partial charge in [-0.25, -0.2) is 0 Å². The van der Waals surface area contributed by atoms with Crippen molar-refractivity contribution in [1.82, 2.24) is 10.2 Å². The molecule has 0 unspecified atom stereocenters. The van der Waals surface area contributed by atoms with Gasteiger partial charge in [0.1, 0.15) is 0 Å². The van der Waals surface area contributed by atoms with Crippen molar-refractivity contribution in [3.05, 3.63) is 22.4 Å². The van der Waals surface area contributed by atoms with Crippen LogP contribution in [0.15, 0.2) is 16.8 Å². The number of nitrogens with one attached hydrogen (secondary N) is 1. The first-order valence-electron chi connectivity index (χ1n) is 7.14. The van der Waals surface area contributed by atoms with E-state index in [0.717, 1.165) is 13.1 Å². The molecule has 20 heavy (non-hydrogen) atoms. The van der Waals surface area contributed by atoms with Crippen LogP contribution in [-0.2, 0) is 4.79 Å². The average molecular weight is 294 g/mol. The number of amides is 2. The fraction of sp³-hybridized carbons (Fsp3) is 0.600. The van der Waals surface area contributed by atoms with E-state index in [0.29, 0.717) is 30.4 Å². The van der Waals surface area contributed by atoms with Crippen molar-refractivity contribution in [3.63, 3.8) is 0 Å². The van der Waals surface area contributed by atoms with E-state index >= 15 is 0 Å². The second-order valence-corrected chi connectivity index (χ2v) is 6.54. The lowest BCUT2D eigenvalue weighted by Crippen LogP contribution is -2.43. The van der Waals surface area contributed by atoms with Gasteiger partial charge >= 0.3 is 0 Å². The first-order chi connectivity index (χ1) is 9.56. The van der Waals surface area contributed by atoms with Crippen LogP contribution >= 0.6 is 11.3 Å². The van der Waals surface area contributed by atoms with Crippen molar-refractivity contribution in [2.75, 3.05) is 19.6 Å². The molecule has 1 aliphatic heterocycles. The summed E-state index contributed by atoms with van der Waals surface area (Å²) < 4.78 is 0. The number of carbonyl (C=O) groups is 2. The standard InChI is InChI=1S/C15H22N2O2S/c1-11-7-12(2)9-17(8-11)14(18)3-5-16-15(19)13-4-6-20-10-13/h4,6,10-12H,3,5,7-9H2,1-2H3,(H,16,19)/t11-,12-/m1/s1. The molecular formula is C15H22N2O2S. The minimum absolute atomic E-state index is 0.0977. The van der Waals surface area contributed by atoms with Crippen LogP contribution in [0.4, 0.5) is 0 Å². The first kappa shape index (κ1) is 15.0. The summed E-state index contributed by atoms with van der Waals surface area (Å²) in [5.41, 5.74) is 0.669. The van der Waals surface area contributed by atoms with Crippen molar-refractivity contribution >= 4 is 23.2 Å². The highest BCUT2D eigenvalue weighted by Crippen LogP contribution is 2.21. The number of nitrogens with zero attached hydrogens (tertiary/aromatic N) is 1. The third-order valence-electron chi connectivity index (χ3n) is 3.63. The van der Waals surface area contributed by atoms with Gasteiger partial charge in [0, 0.05) is 37.0 Å². The van der Waals surface area contributed by atoms with Crippen molar-refractivity contribution in [2.45, 2.75) is 26.7 Å². The summed E-state index contributed by atoms with van der Waals surface area (Å²) in [5.74, 6) is 1.19. The van der Waals surface area contributed by atoms with E-state index in [-0.39, 0.29) is 11.8 Å². The zero-order chi connectivity index (χ0) is 14.5. The van der Waals surface area contributed by atoms with Crippen LogP contribution < -0.4 is 5.32 Å². The predicted octanol–water partition coefficient (Wildman–Crippen LogP) is 2.37. The normalized spacial score (nSPS) is 22.6. The van der Waals surface area contributed by atoms with Gasteiger partial charge < -0.3 is 10.2 Å². The molecule has 1 fully saturated rings. The summed E-state index contributed by atoms with van der Waals surface area (Å²) in [5, 5.41) is 6.48. The lowest BCUT2D eigenvalue weighted by atomic mass is 9.92. The molecule has 0 bridgehead atoms. The van der Waals surface area contributed by atoms with Crippen LogP contribution in [0.3, 0.4) is 0 Å². The summed E-state index contributed by atoms with van der Waals surface area (Å²) in [6.45, 7) is 6.48. The molecule has 2 amide bonds. The molecule has 0 aliphatic carbocycles. The van der Waals surface area contributed by atoms with Crippen LogP contribution in [0.25, 0.3) is 0 Å². The number of hydrogen-bond donors (Lipinski definition) is 1. The van der Waals surface area contributed by atoms with Gasteiger partial charge in [-0.05, 0) is 29.7 Å². The van der Waals surface area contributed by atoms with Crippen LogP contribution in [0.2, 0.25) is 0 Å². The Kier molecular flexibility index (Phi) is 5.17. The Labute approximate surface area is 124 Å². The van der Waals surface area contributed by atoms with Crippen LogP contribution in [0, 0.1) is 11.8 Å². The molecule has 0 saturated carbocycles. The molecule has 2 heterocycles. The summed E-state index contributed by atoms with van der Waals surface area (Å²) in [6.07, 6.45) is 1.58. The highest BCUT2D eigenvalue weighted by Gasteiger charge is 2.24. The molecule has 0 spiro atoms. The molecule has 1 aromatic rings. The maximum atomic E-state index is 12.1.